The molecule has 2 aromatic carbocycles. The van der Waals surface area contributed by atoms with Crippen molar-refractivity contribution in [2.24, 2.45) is 0 Å². The molecule has 0 aliphatic rings. The highest BCUT2D eigenvalue weighted by Crippen LogP contribution is 2.24. The van der Waals surface area contributed by atoms with Crippen LogP contribution in [0.3, 0.4) is 0 Å². The van der Waals surface area contributed by atoms with E-state index in [9.17, 15) is 4.79 Å². The quantitative estimate of drug-likeness (QED) is 0.776. The summed E-state index contributed by atoms with van der Waals surface area (Å²) in [5.41, 5.74) is 7.95. The first kappa shape index (κ1) is 15.0. The van der Waals surface area contributed by atoms with Gasteiger partial charge >= 0.3 is 0 Å². The van der Waals surface area contributed by atoms with E-state index in [1.165, 1.54) is 0 Å². The number of carbonyl (C=O) groups excluding carboxylic acids is 1. The fourth-order valence-corrected chi connectivity index (χ4v) is 2.74. The molecule has 116 valence electrons. The van der Waals surface area contributed by atoms with E-state index in [0.29, 0.717) is 11.5 Å². The normalized spacial score (nSPS) is 12.1. The van der Waals surface area contributed by atoms with Crippen LogP contribution < -0.4 is 11.1 Å². The van der Waals surface area contributed by atoms with E-state index < -0.39 is 0 Å². The lowest BCUT2D eigenvalue weighted by Gasteiger charge is -2.17. The van der Waals surface area contributed by atoms with Gasteiger partial charge in [-0.2, -0.15) is 0 Å². The number of nitrogens with zero attached hydrogens (tertiary/aromatic N) is 1. The zero-order chi connectivity index (χ0) is 16.4. The molecule has 1 heterocycles. The monoisotopic (exact) mass is 305 g/mol. The van der Waals surface area contributed by atoms with E-state index in [2.05, 4.69) is 28.5 Å². The molecule has 0 saturated carbocycles. The van der Waals surface area contributed by atoms with E-state index >= 15 is 0 Å². The van der Waals surface area contributed by atoms with Gasteiger partial charge in [0, 0.05) is 0 Å². The third kappa shape index (κ3) is 3.01. The molecule has 4 heteroatoms. The highest BCUT2D eigenvalue weighted by atomic mass is 16.1. The first-order valence-electron chi connectivity index (χ1n) is 7.58. The largest absolute Gasteiger partial charge is 0.384 e. The maximum absolute atomic E-state index is 12.5. The molecule has 3 N–H and O–H groups in total. The van der Waals surface area contributed by atoms with Crippen LogP contribution in [0, 0.1) is 6.92 Å². The Hall–Kier alpha value is -2.88. The third-order valence-corrected chi connectivity index (χ3v) is 3.97. The first-order valence-corrected chi connectivity index (χ1v) is 7.58. The van der Waals surface area contributed by atoms with Crippen molar-refractivity contribution >= 4 is 22.5 Å². The van der Waals surface area contributed by atoms with Crippen LogP contribution in [0.4, 0.5) is 5.82 Å². The van der Waals surface area contributed by atoms with Crippen LogP contribution in [0.2, 0.25) is 0 Å². The lowest BCUT2D eigenvalue weighted by molar-refractivity contribution is 0.0934. The number of nitrogen functional groups attached to an aromatic ring is 1. The van der Waals surface area contributed by atoms with Gasteiger partial charge in [-0.05, 0) is 41.8 Å². The zero-order valence-corrected chi connectivity index (χ0v) is 13.2. The number of aromatic nitrogens is 1. The second-order valence-corrected chi connectivity index (χ2v) is 5.67. The highest BCUT2D eigenvalue weighted by molar-refractivity contribution is 5.95. The van der Waals surface area contributed by atoms with E-state index in [0.717, 1.165) is 21.9 Å². The second-order valence-electron chi connectivity index (χ2n) is 5.67. The number of amides is 1. The molecule has 0 fully saturated rings. The second kappa shape index (κ2) is 6.08. The number of aryl methyl sites for hydroxylation is 1. The summed E-state index contributed by atoms with van der Waals surface area (Å²) >= 11 is 0. The Balaban J connectivity index is 1.90. The number of hydrogen-bond acceptors (Lipinski definition) is 3. The molecule has 1 aromatic heterocycles. The molecular formula is C19H19N3O. The smallest absolute Gasteiger partial charge is 0.270 e. The van der Waals surface area contributed by atoms with Crippen molar-refractivity contribution in [2.45, 2.75) is 19.9 Å². The molecule has 0 radical (unpaired) electrons. The molecule has 1 atom stereocenters. The van der Waals surface area contributed by atoms with Crippen LogP contribution in [-0.2, 0) is 0 Å². The van der Waals surface area contributed by atoms with Crippen LogP contribution >= 0.6 is 0 Å². The summed E-state index contributed by atoms with van der Waals surface area (Å²) in [5, 5.41) is 5.31. The Morgan fingerprint density at radius 2 is 1.83 bits per heavy atom. The minimum atomic E-state index is -0.213. The SMILES string of the molecule is Cc1ccc(N)nc1C(=O)N[C@H](C)c1cccc2ccccc12. The molecule has 23 heavy (non-hydrogen) atoms. The van der Waals surface area contributed by atoms with Gasteiger partial charge in [-0.25, -0.2) is 4.98 Å². The van der Waals surface area contributed by atoms with E-state index in [1.807, 2.05) is 38.1 Å². The third-order valence-electron chi connectivity index (χ3n) is 3.97. The zero-order valence-electron chi connectivity index (χ0n) is 13.2. The Labute approximate surface area is 135 Å². The van der Waals surface area contributed by atoms with Crippen LogP contribution in [0.1, 0.15) is 34.6 Å². The van der Waals surface area contributed by atoms with Crippen molar-refractivity contribution in [3.63, 3.8) is 0 Å². The molecule has 1 amide bonds. The van der Waals surface area contributed by atoms with Crippen molar-refractivity contribution in [3.05, 3.63) is 71.4 Å². The lowest BCUT2D eigenvalue weighted by Crippen LogP contribution is -2.28. The number of fused-ring (bicyclic) bond motifs is 1. The highest BCUT2D eigenvalue weighted by Gasteiger charge is 2.16. The van der Waals surface area contributed by atoms with Gasteiger partial charge in [-0.1, -0.05) is 48.5 Å². The standard InChI is InChI=1S/C19H19N3O/c1-12-10-11-17(20)22-18(12)19(23)21-13(2)15-9-5-7-14-6-3-4-8-16(14)15/h3-11,13H,1-2H3,(H2,20,22)(H,21,23)/t13-/m1/s1. The predicted molar refractivity (Wildman–Crippen MR) is 93.2 cm³/mol. The maximum atomic E-state index is 12.5. The fraction of sp³-hybridized carbons (Fsp3) is 0.158. The molecule has 0 unspecified atom stereocenters. The van der Waals surface area contributed by atoms with Gasteiger partial charge in [0.25, 0.3) is 5.91 Å². The first-order chi connectivity index (χ1) is 11.1. The lowest BCUT2D eigenvalue weighted by atomic mass is 9.99. The number of benzene rings is 2. The maximum Gasteiger partial charge on any atom is 0.270 e. The summed E-state index contributed by atoms with van der Waals surface area (Å²) in [7, 11) is 0. The number of pyridine rings is 1. The van der Waals surface area contributed by atoms with Gasteiger partial charge in [0.15, 0.2) is 0 Å². The van der Waals surface area contributed by atoms with Crippen LogP contribution in [0.15, 0.2) is 54.6 Å². The summed E-state index contributed by atoms with van der Waals surface area (Å²) in [5.74, 6) is 0.133. The molecule has 0 aliphatic carbocycles. The van der Waals surface area contributed by atoms with E-state index in [-0.39, 0.29) is 11.9 Å². The van der Waals surface area contributed by atoms with Crippen LogP contribution in [0.5, 0.6) is 0 Å². The minimum absolute atomic E-state index is 0.128. The minimum Gasteiger partial charge on any atom is -0.384 e. The van der Waals surface area contributed by atoms with Gasteiger partial charge in [-0.15, -0.1) is 0 Å². The number of rotatable bonds is 3. The van der Waals surface area contributed by atoms with Gasteiger partial charge in [0.05, 0.1) is 6.04 Å². The molecule has 4 nitrogen and oxygen atoms in total. The predicted octanol–water partition coefficient (Wildman–Crippen LogP) is 3.62. The topological polar surface area (TPSA) is 68.0 Å². The Morgan fingerprint density at radius 1 is 1.09 bits per heavy atom. The molecule has 3 aromatic rings. The molecule has 0 bridgehead atoms. The summed E-state index contributed by atoms with van der Waals surface area (Å²) in [6.45, 7) is 3.82. The number of nitrogens with two attached hydrogens (primary N) is 1. The Morgan fingerprint density at radius 3 is 2.65 bits per heavy atom. The molecule has 3 rings (SSSR count). The Kier molecular flexibility index (Phi) is 3.98. The average Bonchev–Trinajstić information content (AvgIpc) is 2.56. The van der Waals surface area contributed by atoms with Gasteiger partial charge < -0.3 is 11.1 Å². The number of carbonyl (C=O) groups is 1. The van der Waals surface area contributed by atoms with Gasteiger partial charge in [0.2, 0.25) is 0 Å². The molecule has 0 spiro atoms. The molecule has 0 aliphatic heterocycles. The number of hydrogen-bond donors (Lipinski definition) is 2. The molecule has 0 saturated heterocycles. The van der Waals surface area contributed by atoms with Crippen molar-refractivity contribution in [2.75, 3.05) is 5.73 Å². The summed E-state index contributed by atoms with van der Waals surface area (Å²) in [6.07, 6.45) is 0. The van der Waals surface area contributed by atoms with Crippen molar-refractivity contribution in [1.29, 1.82) is 0 Å². The van der Waals surface area contributed by atoms with Crippen molar-refractivity contribution < 1.29 is 4.79 Å². The van der Waals surface area contributed by atoms with Crippen LogP contribution in [-0.4, -0.2) is 10.9 Å². The Bertz CT molecular complexity index is 868. The van der Waals surface area contributed by atoms with Crippen LogP contribution in [0.25, 0.3) is 10.8 Å². The average molecular weight is 305 g/mol. The number of nitrogens with one attached hydrogen (secondary N) is 1. The fourth-order valence-electron chi connectivity index (χ4n) is 2.74. The summed E-state index contributed by atoms with van der Waals surface area (Å²) in [6, 6.07) is 17.6. The molecular weight excluding hydrogens is 286 g/mol. The summed E-state index contributed by atoms with van der Waals surface area (Å²) < 4.78 is 0. The van der Waals surface area contributed by atoms with E-state index in [1.54, 1.807) is 12.1 Å². The van der Waals surface area contributed by atoms with Gasteiger partial charge in [0.1, 0.15) is 11.5 Å². The van der Waals surface area contributed by atoms with Crippen molar-refractivity contribution in [3.8, 4) is 0 Å². The van der Waals surface area contributed by atoms with Crippen molar-refractivity contribution in [1.82, 2.24) is 10.3 Å². The van der Waals surface area contributed by atoms with Gasteiger partial charge in [-0.3, -0.25) is 4.79 Å². The summed E-state index contributed by atoms with van der Waals surface area (Å²) in [4.78, 5) is 16.7. The number of anilines is 1. The van der Waals surface area contributed by atoms with E-state index in [4.69, 9.17) is 5.73 Å².